The second kappa shape index (κ2) is 7.70. The van der Waals surface area contributed by atoms with Gasteiger partial charge in [-0.15, -0.1) is 0 Å². The van der Waals surface area contributed by atoms with Gasteiger partial charge in [0.25, 0.3) is 0 Å². The zero-order valence-electron chi connectivity index (χ0n) is 13.6. The first kappa shape index (κ1) is 16.8. The average molecular weight is 341 g/mol. The maximum absolute atomic E-state index is 12.1. The SMILES string of the molecule is O=C(O)C1CC(=O)N(c2ccccc2OCCOc2ccccc2)C1. The van der Waals surface area contributed by atoms with Gasteiger partial charge in [-0.3, -0.25) is 9.59 Å². The highest BCUT2D eigenvalue weighted by Gasteiger charge is 2.36. The molecule has 1 aliphatic heterocycles. The van der Waals surface area contributed by atoms with Gasteiger partial charge in [-0.25, -0.2) is 0 Å². The van der Waals surface area contributed by atoms with Crippen LogP contribution >= 0.6 is 0 Å². The minimum absolute atomic E-state index is 0.0147. The summed E-state index contributed by atoms with van der Waals surface area (Å²) in [7, 11) is 0. The number of amides is 1. The maximum Gasteiger partial charge on any atom is 0.308 e. The number of rotatable bonds is 7. The molecule has 2 aromatic rings. The minimum atomic E-state index is -0.953. The van der Waals surface area contributed by atoms with Crippen molar-refractivity contribution in [2.45, 2.75) is 6.42 Å². The largest absolute Gasteiger partial charge is 0.490 e. The average Bonchev–Trinajstić information content (AvgIpc) is 3.02. The van der Waals surface area contributed by atoms with Gasteiger partial charge in [0.2, 0.25) is 5.91 Å². The molecule has 3 rings (SSSR count). The number of carboxylic acid groups (broad SMARTS) is 1. The second-order valence-electron chi connectivity index (χ2n) is 5.72. The van der Waals surface area contributed by atoms with Gasteiger partial charge >= 0.3 is 5.97 Å². The fraction of sp³-hybridized carbons (Fsp3) is 0.263. The summed E-state index contributed by atoms with van der Waals surface area (Å²) < 4.78 is 11.3. The van der Waals surface area contributed by atoms with Crippen molar-refractivity contribution in [3.05, 3.63) is 54.6 Å². The topological polar surface area (TPSA) is 76.1 Å². The molecule has 130 valence electrons. The van der Waals surface area contributed by atoms with Crippen LogP contribution in [0.1, 0.15) is 6.42 Å². The Hall–Kier alpha value is -3.02. The number of carbonyl (C=O) groups is 2. The predicted octanol–water partition coefficient (Wildman–Crippen LogP) is 2.58. The number of hydrogen-bond donors (Lipinski definition) is 1. The Balaban J connectivity index is 1.61. The van der Waals surface area contributed by atoms with Crippen LogP contribution in [0.25, 0.3) is 0 Å². The number of nitrogens with zero attached hydrogens (tertiary/aromatic N) is 1. The van der Waals surface area contributed by atoms with Crippen molar-refractivity contribution in [1.82, 2.24) is 0 Å². The van der Waals surface area contributed by atoms with E-state index in [2.05, 4.69) is 0 Å². The fourth-order valence-electron chi connectivity index (χ4n) is 2.74. The molecule has 2 aromatic carbocycles. The molecule has 6 nitrogen and oxygen atoms in total. The number of aliphatic carboxylic acids is 1. The zero-order chi connectivity index (χ0) is 17.6. The van der Waals surface area contributed by atoms with Crippen LogP contribution in [0.15, 0.2) is 54.6 Å². The van der Waals surface area contributed by atoms with E-state index in [9.17, 15) is 9.59 Å². The lowest BCUT2D eigenvalue weighted by Crippen LogP contribution is -2.26. The molecule has 1 aliphatic rings. The number of hydrogen-bond acceptors (Lipinski definition) is 4. The molecule has 1 unspecified atom stereocenters. The van der Waals surface area contributed by atoms with Crippen LogP contribution in [0.2, 0.25) is 0 Å². The summed E-state index contributed by atoms with van der Waals surface area (Å²) in [6, 6.07) is 16.6. The summed E-state index contributed by atoms with van der Waals surface area (Å²) in [6.07, 6.45) is 0.0147. The van der Waals surface area contributed by atoms with Gasteiger partial charge in [0.15, 0.2) is 0 Å². The predicted molar refractivity (Wildman–Crippen MR) is 92.0 cm³/mol. The van der Waals surface area contributed by atoms with E-state index in [-0.39, 0.29) is 18.9 Å². The molecule has 1 saturated heterocycles. The van der Waals surface area contributed by atoms with Crippen molar-refractivity contribution >= 4 is 17.6 Å². The van der Waals surface area contributed by atoms with E-state index >= 15 is 0 Å². The number of benzene rings is 2. The lowest BCUT2D eigenvalue weighted by atomic mass is 10.1. The van der Waals surface area contributed by atoms with Gasteiger partial charge in [-0.05, 0) is 24.3 Å². The number of carboxylic acids is 1. The van der Waals surface area contributed by atoms with Crippen LogP contribution in [0.3, 0.4) is 0 Å². The Bertz CT molecular complexity index is 746. The molecule has 0 aromatic heterocycles. The quantitative estimate of drug-likeness (QED) is 0.784. The molecule has 1 amide bonds. The maximum atomic E-state index is 12.1. The molecule has 1 N–H and O–H groups in total. The third kappa shape index (κ3) is 4.09. The van der Waals surface area contributed by atoms with Crippen molar-refractivity contribution in [3.8, 4) is 11.5 Å². The molecule has 1 fully saturated rings. The normalized spacial score (nSPS) is 16.7. The first-order valence-electron chi connectivity index (χ1n) is 8.08. The van der Waals surface area contributed by atoms with Gasteiger partial charge < -0.3 is 19.5 Å². The highest BCUT2D eigenvalue weighted by atomic mass is 16.5. The summed E-state index contributed by atoms with van der Waals surface area (Å²) in [5.74, 6) is -0.534. The highest BCUT2D eigenvalue weighted by Crippen LogP contribution is 2.33. The van der Waals surface area contributed by atoms with E-state index in [0.717, 1.165) is 5.75 Å². The van der Waals surface area contributed by atoms with Crippen LogP contribution in [0.5, 0.6) is 11.5 Å². The molecule has 6 heteroatoms. The lowest BCUT2D eigenvalue weighted by Gasteiger charge is -2.20. The minimum Gasteiger partial charge on any atom is -0.490 e. The van der Waals surface area contributed by atoms with E-state index in [1.807, 2.05) is 36.4 Å². The summed E-state index contributed by atoms with van der Waals surface area (Å²) in [5, 5.41) is 9.12. The van der Waals surface area contributed by atoms with Gasteiger partial charge in [0.1, 0.15) is 24.7 Å². The Kier molecular flexibility index (Phi) is 5.18. The molecule has 1 heterocycles. The molecule has 1 atom stereocenters. The Labute approximate surface area is 145 Å². The molecule has 25 heavy (non-hydrogen) atoms. The van der Waals surface area contributed by atoms with Crippen molar-refractivity contribution in [2.75, 3.05) is 24.7 Å². The smallest absolute Gasteiger partial charge is 0.308 e. The van der Waals surface area contributed by atoms with Crippen molar-refractivity contribution in [1.29, 1.82) is 0 Å². The molecule has 0 saturated carbocycles. The van der Waals surface area contributed by atoms with Crippen LogP contribution in [-0.2, 0) is 9.59 Å². The van der Waals surface area contributed by atoms with E-state index in [1.165, 1.54) is 4.90 Å². The molecular weight excluding hydrogens is 322 g/mol. The lowest BCUT2D eigenvalue weighted by molar-refractivity contribution is -0.141. The van der Waals surface area contributed by atoms with Gasteiger partial charge in [-0.1, -0.05) is 30.3 Å². The van der Waals surface area contributed by atoms with Gasteiger partial charge in [-0.2, -0.15) is 0 Å². The van der Waals surface area contributed by atoms with Crippen LogP contribution in [0.4, 0.5) is 5.69 Å². The van der Waals surface area contributed by atoms with E-state index < -0.39 is 11.9 Å². The first-order valence-corrected chi connectivity index (χ1v) is 8.08. The molecule has 0 aliphatic carbocycles. The van der Waals surface area contributed by atoms with Crippen molar-refractivity contribution in [3.63, 3.8) is 0 Å². The number of para-hydroxylation sites is 3. The monoisotopic (exact) mass is 341 g/mol. The fourth-order valence-corrected chi connectivity index (χ4v) is 2.74. The molecule has 0 spiro atoms. The summed E-state index contributed by atoms with van der Waals surface area (Å²) in [4.78, 5) is 24.7. The standard InChI is InChI=1S/C19H19NO5/c21-18-12-14(19(22)23)13-20(18)16-8-4-5-9-17(16)25-11-10-24-15-6-2-1-3-7-15/h1-9,14H,10-13H2,(H,22,23). The third-order valence-electron chi connectivity index (χ3n) is 3.98. The van der Waals surface area contributed by atoms with Crippen molar-refractivity contribution < 1.29 is 24.2 Å². The Morgan fingerprint density at radius 2 is 1.72 bits per heavy atom. The third-order valence-corrected chi connectivity index (χ3v) is 3.98. The molecular formula is C19H19NO5. The molecule has 0 bridgehead atoms. The van der Waals surface area contributed by atoms with Gasteiger partial charge in [0.05, 0.1) is 11.6 Å². The Morgan fingerprint density at radius 3 is 2.44 bits per heavy atom. The molecule has 0 radical (unpaired) electrons. The van der Waals surface area contributed by atoms with Crippen molar-refractivity contribution in [2.24, 2.45) is 5.92 Å². The van der Waals surface area contributed by atoms with E-state index in [4.69, 9.17) is 14.6 Å². The second-order valence-corrected chi connectivity index (χ2v) is 5.72. The Morgan fingerprint density at radius 1 is 1.04 bits per heavy atom. The highest BCUT2D eigenvalue weighted by molar-refractivity contribution is 6.00. The van der Waals surface area contributed by atoms with Crippen LogP contribution < -0.4 is 14.4 Å². The van der Waals surface area contributed by atoms with Crippen LogP contribution in [0, 0.1) is 5.92 Å². The van der Waals surface area contributed by atoms with E-state index in [1.54, 1.807) is 18.2 Å². The van der Waals surface area contributed by atoms with Gasteiger partial charge in [0, 0.05) is 13.0 Å². The zero-order valence-corrected chi connectivity index (χ0v) is 13.6. The number of anilines is 1. The first-order chi connectivity index (χ1) is 12.1. The summed E-state index contributed by atoms with van der Waals surface area (Å²) >= 11 is 0. The summed E-state index contributed by atoms with van der Waals surface area (Å²) in [5.41, 5.74) is 0.593. The van der Waals surface area contributed by atoms with Crippen LogP contribution in [-0.4, -0.2) is 36.7 Å². The number of carbonyl (C=O) groups excluding carboxylic acids is 1. The van der Waals surface area contributed by atoms with E-state index in [0.29, 0.717) is 24.7 Å². The number of ether oxygens (including phenoxy) is 2. The summed E-state index contributed by atoms with van der Waals surface area (Å²) in [6.45, 7) is 0.843.